The summed E-state index contributed by atoms with van der Waals surface area (Å²) in [5.74, 6) is 0.444. The zero-order valence-electron chi connectivity index (χ0n) is 9.17. The molecular weight excluding hydrogens is 174 g/mol. The molecule has 0 fully saturated rings. The average molecular weight is 192 g/mol. The average Bonchev–Trinajstić information content (AvgIpc) is 2.11. The highest BCUT2D eigenvalue weighted by Gasteiger charge is 2.06. The van der Waals surface area contributed by atoms with Crippen molar-refractivity contribution in [2.45, 2.75) is 26.3 Å². The van der Waals surface area contributed by atoms with Crippen molar-refractivity contribution in [2.75, 3.05) is 14.1 Å². The molecule has 0 unspecified atom stereocenters. The Hall–Kier alpha value is -1.02. The van der Waals surface area contributed by atoms with Gasteiger partial charge in [-0.05, 0) is 44.3 Å². The summed E-state index contributed by atoms with van der Waals surface area (Å²) in [4.78, 5) is 2.04. The minimum Gasteiger partial charge on any atom is -0.507 e. The van der Waals surface area contributed by atoms with Crippen LogP contribution in [0.1, 0.15) is 24.5 Å². The van der Waals surface area contributed by atoms with Crippen LogP contribution in [0, 0.1) is 6.07 Å². The summed E-state index contributed by atoms with van der Waals surface area (Å²) in [6.07, 6.45) is 1.97. The van der Waals surface area contributed by atoms with Gasteiger partial charge in [0.25, 0.3) is 0 Å². The van der Waals surface area contributed by atoms with E-state index in [1.165, 1.54) is 0 Å². The molecule has 0 aliphatic rings. The fourth-order valence-electron chi connectivity index (χ4n) is 1.51. The number of nitrogens with zero attached hydrogens (tertiary/aromatic N) is 1. The van der Waals surface area contributed by atoms with Crippen LogP contribution >= 0.6 is 0 Å². The normalized spacial score (nSPS) is 10.9. The Bertz CT molecular complexity index is 294. The molecule has 0 bridgehead atoms. The summed E-state index contributed by atoms with van der Waals surface area (Å²) >= 11 is 0. The third-order valence-electron chi connectivity index (χ3n) is 2.13. The fourth-order valence-corrected chi connectivity index (χ4v) is 1.51. The minimum atomic E-state index is 0.444. The van der Waals surface area contributed by atoms with Crippen molar-refractivity contribution in [3.05, 3.63) is 29.3 Å². The summed E-state index contributed by atoms with van der Waals surface area (Å²) in [5.41, 5.74) is 1.97. The first kappa shape index (κ1) is 11.1. The van der Waals surface area contributed by atoms with Gasteiger partial charge >= 0.3 is 0 Å². The van der Waals surface area contributed by atoms with Gasteiger partial charge in [-0.1, -0.05) is 13.3 Å². The van der Waals surface area contributed by atoms with E-state index in [2.05, 4.69) is 13.0 Å². The van der Waals surface area contributed by atoms with Crippen LogP contribution in [0.15, 0.2) is 12.1 Å². The van der Waals surface area contributed by atoms with Gasteiger partial charge in [0.2, 0.25) is 0 Å². The van der Waals surface area contributed by atoms with Gasteiger partial charge in [-0.2, -0.15) is 0 Å². The molecule has 0 atom stereocenters. The van der Waals surface area contributed by atoms with Crippen LogP contribution < -0.4 is 0 Å². The quantitative estimate of drug-likeness (QED) is 0.790. The third kappa shape index (κ3) is 2.74. The first-order chi connectivity index (χ1) is 6.65. The number of hydrogen-bond acceptors (Lipinski definition) is 2. The Labute approximate surface area is 86.2 Å². The molecule has 0 heterocycles. The lowest BCUT2D eigenvalue weighted by atomic mass is 10.0. The molecular formula is C12H18NO. The molecule has 2 heteroatoms. The van der Waals surface area contributed by atoms with E-state index < -0.39 is 0 Å². The van der Waals surface area contributed by atoms with E-state index in [9.17, 15) is 5.11 Å². The second-order valence-electron chi connectivity index (χ2n) is 3.84. The molecule has 1 aromatic rings. The largest absolute Gasteiger partial charge is 0.507 e. The SMILES string of the molecule is CCCc1c[c]cc(CN(C)C)c1O. The summed E-state index contributed by atoms with van der Waals surface area (Å²) in [6, 6.07) is 6.80. The zero-order valence-corrected chi connectivity index (χ0v) is 9.17. The van der Waals surface area contributed by atoms with Gasteiger partial charge in [-0.15, -0.1) is 0 Å². The van der Waals surface area contributed by atoms with Crippen LogP contribution in [0.2, 0.25) is 0 Å². The first-order valence-electron chi connectivity index (χ1n) is 5.00. The Morgan fingerprint density at radius 1 is 1.29 bits per heavy atom. The molecule has 1 N–H and O–H groups in total. The smallest absolute Gasteiger partial charge is 0.123 e. The lowest BCUT2D eigenvalue weighted by Gasteiger charge is -2.13. The van der Waals surface area contributed by atoms with Gasteiger partial charge in [0.1, 0.15) is 5.75 Å². The van der Waals surface area contributed by atoms with Crippen molar-refractivity contribution in [3.8, 4) is 5.75 Å². The molecule has 0 aliphatic heterocycles. The molecule has 0 spiro atoms. The van der Waals surface area contributed by atoms with Gasteiger partial charge in [-0.3, -0.25) is 0 Å². The highest BCUT2D eigenvalue weighted by atomic mass is 16.3. The van der Waals surface area contributed by atoms with E-state index in [4.69, 9.17) is 0 Å². The van der Waals surface area contributed by atoms with Crippen molar-refractivity contribution in [1.29, 1.82) is 0 Å². The topological polar surface area (TPSA) is 23.5 Å². The van der Waals surface area contributed by atoms with Crippen LogP contribution in [0.5, 0.6) is 5.75 Å². The van der Waals surface area contributed by atoms with E-state index in [1.807, 2.05) is 31.1 Å². The Morgan fingerprint density at radius 3 is 2.50 bits per heavy atom. The van der Waals surface area contributed by atoms with Crippen molar-refractivity contribution < 1.29 is 5.11 Å². The second-order valence-corrected chi connectivity index (χ2v) is 3.84. The van der Waals surface area contributed by atoms with Crippen LogP contribution in [0.4, 0.5) is 0 Å². The highest BCUT2D eigenvalue weighted by molar-refractivity contribution is 5.39. The molecule has 0 saturated heterocycles. The van der Waals surface area contributed by atoms with Gasteiger partial charge < -0.3 is 10.0 Å². The molecule has 0 aliphatic carbocycles. The number of phenolic OH excluding ortho intramolecular Hbond substituents is 1. The maximum Gasteiger partial charge on any atom is 0.123 e. The lowest BCUT2D eigenvalue weighted by Crippen LogP contribution is -2.11. The number of rotatable bonds is 4. The molecule has 1 rings (SSSR count). The molecule has 0 amide bonds. The number of benzene rings is 1. The number of phenols is 1. The van der Waals surface area contributed by atoms with Crippen LogP contribution in [0.3, 0.4) is 0 Å². The van der Waals surface area contributed by atoms with Crippen LogP contribution in [-0.4, -0.2) is 24.1 Å². The predicted octanol–water partition coefficient (Wildman–Crippen LogP) is 2.21. The first-order valence-corrected chi connectivity index (χ1v) is 5.00. The second kappa shape index (κ2) is 5.01. The Morgan fingerprint density at radius 2 is 1.93 bits per heavy atom. The predicted molar refractivity (Wildman–Crippen MR) is 58.3 cm³/mol. The monoisotopic (exact) mass is 192 g/mol. The number of hydrogen-bond donors (Lipinski definition) is 1. The number of aromatic hydroxyl groups is 1. The summed E-state index contributed by atoms with van der Waals surface area (Å²) in [5, 5.41) is 9.92. The molecule has 77 valence electrons. The molecule has 1 radical (unpaired) electrons. The van der Waals surface area contributed by atoms with Crippen LogP contribution in [0.25, 0.3) is 0 Å². The maximum absolute atomic E-state index is 9.92. The van der Waals surface area contributed by atoms with Gasteiger partial charge in [0.15, 0.2) is 0 Å². The van der Waals surface area contributed by atoms with E-state index in [-0.39, 0.29) is 0 Å². The maximum atomic E-state index is 9.92. The summed E-state index contributed by atoms with van der Waals surface area (Å²) < 4.78 is 0. The third-order valence-corrected chi connectivity index (χ3v) is 2.13. The molecule has 0 aromatic heterocycles. The molecule has 1 aromatic carbocycles. The lowest BCUT2D eigenvalue weighted by molar-refractivity contribution is 0.384. The van der Waals surface area contributed by atoms with Crippen molar-refractivity contribution >= 4 is 0 Å². The Kier molecular flexibility index (Phi) is 3.96. The van der Waals surface area contributed by atoms with Crippen LogP contribution in [-0.2, 0) is 13.0 Å². The number of aryl methyl sites for hydroxylation is 1. The molecule has 0 saturated carbocycles. The van der Waals surface area contributed by atoms with E-state index >= 15 is 0 Å². The highest BCUT2D eigenvalue weighted by Crippen LogP contribution is 2.24. The minimum absolute atomic E-state index is 0.444. The molecule has 2 nitrogen and oxygen atoms in total. The van der Waals surface area contributed by atoms with E-state index in [0.717, 1.165) is 30.5 Å². The zero-order chi connectivity index (χ0) is 10.6. The van der Waals surface area contributed by atoms with Gasteiger partial charge in [-0.25, -0.2) is 0 Å². The van der Waals surface area contributed by atoms with Crippen molar-refractivity contribution in [2.24, 2.45) is 0 Å². The summed E-state index contributed by atoms with van der Waals surface area (Å²) in [6.45, 7) is 2.87. The van der Waals surface area contributed by atoms with E-state index in [1.54, 1.807) is 0 Å². The van der Waals surface area contributed by atoms with Gasteiger partial charge in [0.05, 0.1) is 0 Å². The summed E-state index contributed by atoms with van der Waals surface area (Å²) in [7, 11) is 3.98. The molecule has 14 heavy (non-hydrogen) atoms. The van der Waals surface area contributed by atoms with Crippen molar-refractivity contribution in [1.82, 2.24) is 4.90 Å². The Balaban J connectivity index is 2.89. The fraction of sp³-hybridized carbons (Fsp3) is 0.500. The van der Waals surface area contributed by atoms with E-state index in [0.29, 0.717) is 5.75 Å². The van der Waals surface area contributed by atoms with Gasteiger partial charge in [0, 0.05) is 12.1 Å². The van der Waals surface area contributed by atoms with Crippen molar-refractivity contribution in [3.63, 3.8) is 0 Å². The standard InChI is InChI=1S/C12H18NO/c1-4-6-10-7-5-8-11(12(10)14)9-13(2)3/h7-8,14H,4,6,9H2,1-3H3.